The van der Waals surface area contributed by atoms with Crippen LogP contribution in [0, 0.1) is 0 Å². The van der Waals surface area contributed by atoms with Crippen LogP contribution < -0.4 is 24.4 Å². The molecule has 8 nitrogen and oxygen atoms in total. The molecule has 0 aliphatic carbocycles. The highest BCUT2D eigenvalue weighted by molar-refractivity contribution is 7.14. The van der Waals surface area contributed by atoms with E-state index >= 15 is 0 Å². The van der Waals surface area contributed by atoms with E-state index in [9.17, 15) is 9.59 Å². The van der Waals surface area contributed by atoms with Gasteiger partial charge in [-0.2, -0.15) is 0 Å². The second-order valence-electron chi connectivity index (χ2n) is 6.93. The summed E-state index contributed by atoms with van der Waals surface area (Å²) in [5, 5.41) is 5.10. The molecule has 4 rings (SSSR count). The molecule has 0 fully saturated rings. The molecule has 0 spiro atoms. The van der Waals surface area contributed by atoms with Crippen LogP contribution in [0.3, 0.4) is 0 Å². The Bertz CT molecular complexity index is 1140. The predicted octanol–water partition coefficient (Wildman–Crippen LogP) is 3.82. The van der Waals surface area contributed by atoms with Gasteiger partial charge in [-0.15, -0.1) is 11.3 Å². The third-order valence-corrected chi connectivity index (χ3v) is 5.69. The van der Waals surface area contributed by atoms with Gasteiger partial charge in [-0.1, -0.05) is 0 Å². The minimum Gasteiger partial charge on any atom is -0.497 e. The maximum absolute atomic E-state index is 12.7. The van der Waals surface area contributed by atoms with E-state index in [0.29, 0.717) is 39.3 Å². The van der Waals surface area contributed by atoms with Gasteiger partial charge in [0.05, 0.1) is 25.6 Å². The van der Waals surface area contributed by atoms with Crippen molar-refractivity contribution in [3.63, 3.8) is 0 Å². The van der Waals surface area contributed by atoms with Gasteiger partial charge in [0.2, 0.25) is 0 Å². The van der Waals surface area contributed by atoms with Crippen molar-refractivity contribution in [2.75, 3.05) is 31.5 Å². The fraction of sp³-hybridized carbons (Fsp3) is 0.227. The second-order valence-corrected chi connectivity index (χ2v) is 7.79. The van der Waals surface area contributed by atoms with E-state index in [1.165, 1.54) is 25.6 Å². The summed E-state index contributed by atoms with van der Waals surface area (Å²) in [6.07, 6.45) is -0.514. The lowest BCUT2D eigenvalue weighted by atomic mass is 10.1. The van der Waals surface area contributed by atoms with E-state index < -0.39 is 6.10 Å². The van der Waals surface area contributed by atoms with Crippen LogP contribution in [0.15, 0.2) is 41.8 Å². The Morgan fingerprint density at radius 3 is 2.55 bits per heavy atom. The summed E-state index contributed by atoms with van der Waals surface area (Å²) in [5.74, 6) is 1.26. The Morgan fingerprint density at radius 2 is 1.87 bits per heavy atom. The molecular formula is C22H21N3O5S. The minimum atomic E-state index is -0.514. The van der Waals surface area contributed by atoms with E-state index in [-0.39, 0.29) is 11.8 Å². The number of nitrogens with zero attached hydrogens (tertiary/aromatic N) is 2. The Labute approximate surface area is 183 Å². The van der Waals surface area contributed by atoms with Crippen molar-refractivity contribution in [3.8, 4) is 28.5 Å². The zero-order valence-electron chi connectivity index (χ0n) is 17.5. The first-order chi connectivity index (χ1) is 14.9. The molecule has 1 N–H and O–H groups in total. The third kappa shape index (κ3) is 4.04. The smallest absolute Gasteiger partial charge is 0.267 e. The van der Waals surface area contributed by atoms with Gasteiger partial charge in [-0.25, -0.2) is 4.98 Å². The molecule has 2 aromatic carbocycles. The molecule has 31 heavy (non-hydrogen) atoms. The zero-order valence-corrected chi connectivity index (χ0v) is 18.3. The SMILES string of the molecule is COc1cc(OC)cc(C(=O)Nc2nc(-c3ccc4c(c3)N(C)C(=O)[C@@H](C)O4)cs2)c1. The van der Waals surface area contributed by atoms with Crippen molar-refractivity contribution in [2.45, 2.75) is 13.0 Å². The average molecular weight is 439 g/mol. The number of thiazole rings is 1. The van der Waals surface area contributed by atoms with Crippen molar-refractivity contribution in [1.29, 1.82) is 0 Å². The summed E-state index contributed by atoms with van der Waals surface area (Å²) in [5.41, 5.74) is 2.58. The maximum Gasteiger partial charge on any atom is 0.267 e. The standard InChI is InChI=1S/C22H21N3O5S/c1-12-21(27)25(2)18-9-13(5-6-19(18)30-12)17-11-31-22(23-17)24-20(26)14-7-15(28-3)10-16(8-14)29-4/h5-12H,1-4H3,(H,23,24,26)/t12-/m1/s1. The average Bonchev–Trinajstić information content (AvgIpc) is 3.25. The summed E-state index contributed by atoms with van der Waals surface area (Å²) in [6, 6.07) is 10.5. The molecule has 3 aromatic rings. The van der Waals surface area contributed by atoms with Crippen LogP contribution in [0.2, 0.25) is 0 Å². The second kappa shape index (κ2) is 8.27. The third-order valence-electron chi connectivity index (χ3n) is 4.94. The molecule has 2 amide bonds. The van der Waals surface area contributed by atoms with Crippen molar-refractivity contribution in [2.24, 2.45) is 0 Å². The Kier molecular flexibility index (Phi) is 5.51. The van der Waals surface area contributed by atoms with Gasteiger partial charge in [0.25, 0.3) is 11.8 Å². The van der Waals surface area contributed by atoms with E-state index in [0.717, 1.165) is 5.56 Å². The number of carbonyl (C=O) groups excluding carboxylic acids is 2. The number of aromatic nitrogens is 1. The number of rotatable bonds is 5. The summed E-state index contributed by atoms with van der Waals surface area (Å²) in [4.78, 5) is 31.0. The molecule has 1 aromatic heterocycles. The highest BCUT2D eigenvalue weighted by atomic mass is 32.1. The number of likely N-dealkylation sites (N-methyl/N-ethyl adjacent to an activating group) is 1. The first-order valence-electron chi connectivity index (χ1n) is 9.48. The number of methoxy groups -OCH3 is 2. The fourth-order valence-corrected chi connectivity index (χ4v) is 3.96. The lowest BCUT2D eigenvalue weighted by molar-refractivity contribution is -0.125. The van der Waals surface area contributed by atoms with Crippen LogP contribution >= 0.6 is 11.3 Å². The van der Waals surface area contributed by atoms with E-state index in [1.807, 2.05) is 23.6 Å². The first kappa shape index (κ1) is 20.7. The summed E-state index contributed by atoms with van der Waals surface area (Å²) in [7, 11) is 4.77. The number of amides is 2. The molecule has 1 atom stereocenters. The van der Waals surface area contributed by atoms with Crippen LogP contribution in [0.1, 0.15) is 17.3 Å². The van der Waals surface area contributed by atoms with E-state index in [2.05, 4.69) is 10.3 Å². The lowest BCUT2D eigenvalue weighted by Crippen LogP contribution is -2.41. The van der Waals surface area contributed by atoms with Gasteiger partial charge in [0.15, 0.2) is 11.2 Å². The van der Waals surface area contributed by atoms with E-state index in [1.54, 1.807) is 37.1 Å². The summed E-state index contributed by atoms with van der Waals surface area (Å²) in [6.45, 7) is 1.73. The molecule has 0 radical (unpaired) electrons. The number of hydrogen-bond donors (Lipinski definition) is 1. The topological polar surface area (TPSA) is 90.0 Å². The normalized spacial score (nSPS) is 15.2. The minimum absolute atomic E-state index is 0.107. The Morgan fingerprint density at radius 1 is 1.16 bits per heavy atom. The molecule has 1 aliphatic heterocycles. The number of benzene rings is 2. The predicted molar refractivity (Wildman–Crippen MR) is 119 cm³/mol. The zero-order chi connectivity index (χ0) is 22.1. The molecule has 9 heteroatoms. The Hall–Kier alpha value is -3.59. The quantitative estimate of drug-likeness (QED) is 0.650. The van der Waals surface area contributed by atoms with Crippen LogP contribution in [-0.2, 0) is 4.79 Å². The van der Waals surface area contributed by atoms with Crippen molar-refractivity contribution in [1.82, 2.24) is 4.98 Å². The van der Waals surface area contributed by atoms with Gasteiger partial charge in [0, 0.05) is 29.6 Å². The van der Waals surface area contributed by atoms with E-state index in [4.69, 9.17) is 14.2 Å². The highest BCUT2D eigenvalue weighted by Gasteiger charge is 2.29. The number of anilines is 2. The molecule has 0 saturated heterocycles. The number of carbonyl (C=O) groups is 2. The number of hydrogen-bond acceptors (Lipinski definition) is 7. The molecule has 0 unspecified atom stereocenters. The molecule has 0 saturated carbocycles. The number of nitrogens with one attached hydrogen (secondary N) is 1. The van der Waals surface area contributed by atoms with Crippen molar-refractivity contribution in [3.05, 3.63) is 47.3 Å². The molecule has 2 heterocycles. The highest BCUT2D eigenvalue weighted by Crippen LogP contribution is 2.37. The van der Waals surface area contributed by atoms with Gasteiger partial charge in [-0.3, -0.25) is 14.9 Å². The lowest BCUT2D eigenvalue weighted by Gasteiger charge is -2.30. The molecular weight excluding hydrogens is 418 g/mol. The van der Waals surface area contributed by atoms with Crippen LogP contribution in [0.4, 0.5) is 10.8 Å². The summed E-state index contributed by atoms with van der Waals surface area (Å²) < 4.78 is 16.1. The van der Waals surface area contributed by atoms with Gasteiger partial charge in [-0.05, 0) is 37.3 Å². The molecule has 1 aliphatic rings. The van der Waals surface area contributed by atoms with Gasteiger partial charge in [0.1, 0.15) is 17.2 Å². The maximum atomic E-state index is 12.7. The number of fused-ring (bicyclic) bond motifs is 1. The van der Waals surface area contributed by atoms with Gasteiger partial charge >= 0.3 is 0 Å². The van der Waals surface area contributed by atoms with Crippen LogP contribution in [0.25, 0.3) is 11.3 Å². The first-order valence-corrected chi connectivity index (χ1v) is 10.4. The fourth-order valence-electron chi connectivity index (χ4n) is 3.24. The van der Waals surface area contributed by atoms with Crippen molar-refractivity contribution < 1.29 is 23.8 Å². The van der Waals surface area contributed by atoms with Crippen LogP contribution in [-0.4, -0.2) is 44.2 Å². The largest absolute Gasteiger partial charge is 0.497 e. The monoisotopic (exact) mass is 439 g/mol. The number of ether oxygens (including phenoxy) is 3. The molecule has 160 valence electrons. The van der Waals surface area contributed by atoms with Crippen LogP contribution in [0.5, 0.6) is 17.2 Å². The summed E-state index contributed by atoms with van der Waals surface area (Å²) >= 11 is 1.31. The van der Waals surface area contributed by atoms with Crippen molar-refractivity contribution >= 4 is 34.0 Å². The van der Waals surface area contributed by atoms with Gasteiger partial charge < -0.3 is 19.1 Å². The molecule has 0 bridgehead atoms. The Balaban J connectivity index is 1.56.